The third kappa shape index (κ3) is 4.74. The maximum absolute atomic E-state index is 12.4. The Morgan fingerprint density at radius 1 is 1.17 bits per heavy atom. The molecule has 0 unspecified atom stereocenters. The van der Waals surface area contributed by atoms with Crippen LogP contribution in [-0.4, -0.2) is 58.3 Å². The number of rotatable bonds is 7. The van der Waals surface area contributed by atoms with Gasteiger partial charge < -0.3 is 5.73 Å². The van der Waals surface area contributed by atoms with Gasteiger partial charge >= 0.3 is 0 Å². The van der Waals surface area contributed by atoms with Crippen LogP contribution in [0.25, 0.3) is 0 Å². The zero-order valence-corrected chi connectivity index (χ0v) is 14.7. The molecule has 1 heterocycles. The van der Waals surface area contributed by atoms with Crippen LogP contribution in [0.3, 0.4) is 0 Å². The van der Waals surface area contributed by atoms with Gasteiger partial charge in [0.15, 0.2) is 0 Å². The second-order valence-corrected chi connectivity index (χ2v) is 9.80. The van der Waals surface area contributed by atoms with Gasteiger partial charge in [-0.15, -0.1) is 0 Å². The molecule has 1 aromatic rings. The monoisotopic (exact) mass is 361 g/mol. The Hall–Kier alpha value is -1.00. The smallest absolute Gasteiger partial charge is 0.215 e. The minimum Gasteiger partial charge on any atom is -0.326 e. The van der Waals surface area contributed by atoms with Crippen molar-refractivity contribution in [2.75, 3.05) is 31.1 Å². The Balaban J connectivity index is 1.99. The van der Waals surface area contributed by atoms with Crippen molar-refractivity contribution in [1.82, 2.24) is 9.03 Å². The summed E-state index contributed by atoms with van der Waals surface area (Å²) in [6, 6.07) is 9.32. The van der Waals surface area contributed by atoms with Crippen LogP contribution in [-0.2, 0) is 20.0 Å². The molecule has 0 spiro atoms. The first kappa shape index (κ1) is 18.3. The first-order valence-corrected chi connectivity index (χ1v) is 10.8. The molecule has 2 rings (SSSR count). The largest absolute Gasteiger partial charge is 0.326 e. The topological polar surface area (TPSA) is 110 Å². The molecule has 7 nitrogen and oxygen atoms in total. The van der Waals surface area contributed by atoms with Gasteiger partial charge in [-0.3, -0.25) is 0 Å². The van der Waals surface area contributed by atoms with Crippen LogP contribution in [0, 0.1) is 0 Å². The highest BCUT2D eigenvalue weighted by molar-refractivity contribution is 7.90. The van der Waals surface area contributed by atoms with Crippen molar-refractivity contribution in [2.24, 2.45) is 5.73 Å². The Kier molecular flexibility index (Phi) is 5.79. The van der Waals surface area contributed by atoms with Crippen molar-refractivity contribution in [1.29, 1.82) is 0 Å². The Bertz CT molecular complexity index is 720. The van der Waals surface area contributed by atoms with Crippen LogP contribution in [0.5, 0.6) is 0 Å². The quantitative estimate of drug-likeness (QED) is 0.692. The fourth-order valence-electron chi connectivity index (χ4n) is 2.63. The van der Waals surface area contributed by atoms with E-state index >= 15 is 0 Å². The zero-order chi connectivity index (χ0) is 17.1. The molecular weight excluding hydrogens is 338 g/mol. The molecule has 1 fully saturated rings. The number of nitrogens with two attached hydrogens (primary N) is 1. The average molecular weight is 361 g/mol. The summed E-state index contributed by atoms with van der Waals surface area (Å²) >= 11 is 0. The van der Waals surface area contributed by atoms with Crippen molar-refractivity contribution in [3.8, 4) is 0 Å². The molecule has 0 bridgehead atoms. The van der Waals surface area contributed by atoms with Gasteiger partial charge in [-0.25, -0.2) is 21.6 Å². The van der Waals surface area contributed by atoms with Crippen LogP contribution >= 0.6 is 0 Å². The molecule has 1 aliphatic heterocycles. The minimum absolute atomic E-state index is 0.0432. The lowest BCUT2D eigenvalue weighted by molar-refractivity contribution is 0.469. The molecule has 23 heavy (non-hydrogen) atoms. The first-order chi connectivity index (χ1) is 10.7. The highest BCUT2D eigenvalue weighted by atomic mass is 32.2. The van der Waals surface area contributed by atoms with E-state index in [1.165, 1.54) is 11.2 Å². The van der Waals surface area contributed by atoms with Gasteiger partial charge in [-0.1, -0.05) is 30.3 Å². The number of benzene rings is 1. The van der Waals surface area contributed by atoms with Crippen LogP contribution in [0.1, 0.15) is 18.4 Å². The van der Waals surface area contributed by atoms with E-state index in [9.17, 15) is 16.8 Å². The van der Waals surface area contributed by atoms with Crippen molar-refractivity contribution in [3.63, 3.8) is 0 Å². The van der Waals surface area contributed by atoms with E-state index in [0.29, 0.717) is 6.54 Å². The summed E-state index contributed by atoms with van der Waals surface area (Å²) in [5.41, 5.74) is 7.12. The summed E-state index contributed by atoms with van der Waals surface area (Å²) in [4.78, 5) is 0. The molecule has 1 saturated heterocycles. The lowest BCUT2D eigenvalue weighted by Gasteiger charge is -2.16. The number of hydrogen-bond donors (Lipinski definition) is 2. The van der Waals surface area contributed by atoms with E-state index in [1.54, 1.807) is 0 Å². The molecular formula is C14H23N3O4S2. The Labute approximate surface area is 138 Å². The molecule has 0 saturated carbocycles. The second-order valence-electron chi connectivity index (χ2n) is 5.61. The van der Waals surface area contributed by atoms with E-state index in [4.69, 9.17) is 5.73 Å². The van der Waals surface area contributed by atoms with Gasteiger partial charge in [0, 0.05) is 31.6 Å². The van der Waals surface area contributed by atoms with Crippen molar-refractivity contribution in [2.45, 2.75) is 18.9 Å². The molecule has 1 aliphatic rings. The molecule has 0 aromatic heterocycles. The van der Waals surface area contributed by atoms with Crippen LogP contribution < -0.4 is 10.5 Å². The number of sulfonamides is 2. The van der Waals surface area contributed by atoms with Gasteiger partial charge in [0.2, 0.25) is 20.0 Å². The standard InChI is InChI=1S/C14H23N3O4S2/c1-2-22(18,19)16-8-9-23(20,21)17-10-13(14(15)11-17)12-6-4-3-5-7-12/h3-7,13-14,16H,2,8-11,15H2,1H3/t13-,14+/m0/s1. The van der Waals surface area contributed by atoms with Crippen LogP contribution in [0.15, 0.2) is 30.3 Å². The summed E-state index contributed by atoms with van der Waals surface area (Å²) in [6.45, 7) is 1.96. The third-order valence-electron chi connectivity index (χ3n) is 4.01. The number of nitrogens with zero attached hydrogens (tertiary/aromatic N) is 1. The predicted molar refractivity (Wildman–Crippen MR) is 90.0 cm³/mol. The van der Waals surface area contributed by atoms with E-state index in [0.717, 1.165) is 5.56 Å². The lowest BCUT2D eigenvalue weighted by atomic mass is 9.95. The molecule has 0 radical (unpaired) electrons. The molecule has 1 aromatic carbocycles. The fraction of sp³-hybridized carbons (Fsp3) is 0.571. The molecule has 0 amide bonds. The Morgan fingerprint density at radius 3 is 2.43 bits per heavy atom. The minimum atomic E-state index is -3.54. The van der Waals surface area contributed by atoms with Gasteiger partial charge in [0.25, 0.3) is 0 Å². The van der Waals surface area contributed by atoms with Crippen LogP contribution in [0.2, 0.25) is 0 Å². The van der Waals surface area contributed by atoms with E-state index in [2.05, 4.69) is 4.72 Å². The predicted octanol–water partition coefficient (Wildman–Crippen LogP) is -0.318. The highest BCUT2D eigenvalue weighted by Gasteiger charge is 2.37. The van der Waals surface area contributed by atoms with Gasteiger partial charge in [-0.05, 0) is 12.5 Å². The molecule has 3 N–H and O–H groups in total. The van der Waals surface area contributed by atoms with E-state index < -0.39 is 20.0 Å². The third-order valence-corrected chi connectivity index (χ3v) is 7.22. The molecule has 9 heteroatoms. The zero-order valence-electron chi connectivity index (χ0n) is 13.1. The summed E-state index contributed by atoms with van der Waals surface area (Å²) in [5, 5.41) is 0. The summed E-state index contributed by atoms with van der Waals surface area (Å²) in [7, 11) is -6.93. The second kappa shape index (κ2) is 7.27. The maximum Gasteiger partial charge on any atom is 0.215 e. The number of nitrogens with one attached hydrogen (secondary N) is 1. The maximum atomic E-state index is 12.4. The molecule has 130 valence electrons. The van der Waals surface area contributed by atoms with Crippen molar-refractivity contribution >= 4 is 20.0 Å². The normalized spacial score (nSPS) is 23.2. The van der Waals surface area contributed by atoms with Crippen molar-refractivity contribution < 1.29 is 16.8 Å². The first-order valence-electron chi connectivity index (χ1n) is 7.51. The number of hydrogen-bond acceptors (Lipinski definition) is 5. The SMILES string of the molecule is CCS(=O)(=O)NCCS(=O)(=O)N1C[C@@H](N)[C@H](c2ccccc2)C1. The van der Waals surface area contributed by atoms with Gasteiger partial charge in [0.1, 0.15) is 0 Å². The molecule has 2 atom stereocenters. The summed E-state index contributed by atoms with van der Waals surface area (Å²) < 4.78 is 51.1. The lowest BCUT2D eigenvalue weighted by Crippen LogP contribution is -2.38. The van der Waals surface area contributed by atoms with E-state index in [-0.39, 0.29) is 36.6 Å². The summed E-state index contributed by atoms with van der Waals surface area (Å²) in [5.74, 6) is -0.378. The van der Waals surface area contributed by atoms with Crippen LogP contribution in [0.4, 0.5) is 0 Å². The molecule has 0 aliphatic carbocycles. The summed E-state index contributed by atoms with van der Waals surface area (Å²) in [6.07, 6.45) is 0. The van der Waals surface area contributed by atoms with Gasteiger partial charge in [0.05, 0.1) is 11.5 Å². The fourth-order valence-corrected chi connectivity index (χ4v) is 4.78. The average Bonchev–Trinajstić information content (AvgIpc) is 2.90. The Morgan fingerprint density at radius 2 is 1.83 bits per heavy atom. The highest BCUT2D eigenvalue weighted by Crippen LogP contribution is 2.28. The van der Waals surface area contributed by atoms with E-state index in [1.807, 2.05) is 30.3 Å². The van der Waals surface area contributed by atoms with Crippen molar-refractivity contribution in [3.05, 3.63) is 35.9 Å². The van der Waals surface area contributed by atoms with Gasteiger partial charge in [-0.2, -0.15) is 4.31 Å².